The third-order valence-corrected chi connectivity index (χ3v) is 3.35. The van der Waals surface area contributed by atoms with Crippen LogP contribution < -0.4 is 11.1 Å². The van der Waals surface area contributed by atoms with Gasteiger partial charge in [0.25, 0.3) is 0 Å². The van der Waals surface area contributed by atoms with Gasteiger partial charge in [-0.2, -0.15) is 0 Å². The van der Waals surface area contributed by atoms with E-state index in [0.717, 1.165) is 19.4 Å². The standard InChI is InChI=1S/C11H21N3O/c1-9(8-14-6-2-3-7-14)13-10(15)11(12)4-5-11/h9H,2-8,12H2,1H3,(H,13,15). The van der Waals surface area contributed by atoms with E-state index in [1.54, 1.807) is 0 Å². The maximum atomic E-state index is 11.7. The Balaban J connectivity index is 1.71. The van der Waals surface area contributed by atoms with Gasteiger partial charge in [-0.05, 0) is 45.7 Å². The Bertz CT molecular complexity index is 244. The monoisotopic (exact) mass is 211 g/mol. The molecule has 1 aliphatic carbocycles. The predicted molar refractivity (Wildman–Crippen MR) is 59.4 cm³/mol. The minimum atomic E-state index is -0.529. The van der Waals surface area contributed by atoms with E-state index >= 15 is 0 Å². The highest BCUT2D eigenvalue weighted by molar-refractivity contribution is 5.89. The summed E-state index contributed by atoms with van der Waals surface area (Å²) in [6, 6.07) is 0.219. The number of likely N-dealkylation sites (tertiary alicyclic amines) is 1. The number of amides is 1. The van der Waals surface area contributed by atoms with Crippen molar-refractivity contribution in [3.8, 4) is 0 Å². The lowest BCUT2D eigenvalue weighted by molar-refractivity contribution is -0.123. The first kappa shape index (κ1) is 10.9. The summed E-state index contributed by atoms with van der Waals surface area (Å²) in [6.45, 7) is 5.37. The van der Waals surface area contributed by atoms with E-state index in [-0.39, 0.29) is 11.9 Å². The fourth-order valence-corrected chi connectivity index (χ4v) is 2.13. The van der Waals surface area contributed by atoms with Gasteiger partial charge in [0, 0.05) is 12.6 Å². The van der Waals surface area contributed by atoms with Gasteiger partial charge in [-0.25, -0.2) is 0 Å². The van der Waals surface area contributed by atoms with E-state index in [9.17, 15) is 4.79 Å². The fraction of sp³-hybridized carbons (Fsp3) is 0.909. The maximum Gasteiger partial charge on any atom is 0.240 e. The minimum absolute atomic E-state index is 0.0363. The van der Waals surface area contributed by atoms with Crippen molar-refractivity contribution in [2.45, 2.75) is 44.2 Å². The van der Waals surface area contributed by atoms with Crippen molar-refractivity contribution < 1.29 is 4.79 Å². The first-order chi connectivity index (χ1) is 7.10. The molecule has 1 aliphatic heterocycles. The topological polar surface area (TPSA) is 58.4 Å². The van der Waals surface area contributed by atoms with E-state index in [0.29, 0.717) is 0 Å². The first-order valence-electron chi connectivity index (χ1n) is 5.92. The summed E-state index contributed by atoms with van der Waals surface area (Å²) in [5.74, 6) is 0.0363. The summed E-state index contributed by atoms with van der Waals surface area (Å²) in [4.78, 5) is 14.1. The Morgan fingerprint density at radius 2 is 2.07 bits per heavy atom. The second-order valence-corrected chi connectivity index (χ2v) is 5.04. The molecule has 4 heteroatoms. The number of nitrogens with one attached hydrogen (secondary N) is 1. The molecule has 0 spiro atoms. The van der Waals surface area contributed by atoms with Crippen LogP contribution in [0.5, 0.6) is 0 Å². The third kappa shape index (κ3) is 2.69. The van der Waals surface area contributed by atoms with Gasteiger partial charge in [0.05, 0.1) is 5.54 Å². The molecule has 86 valence electrons. The van der Waals surface area contributed by atoms with Crippen LogP contribution >= 0.6 is 0 Å². The zero-order valence-corrected chi connectivity index (χ0v) is 9.46. The van der Waals surface area contributed by atoms with Crippen LogP contribution in [0.3, 0.4) is 0 Å². The Morgan fingerprint density at radius 1 is 1.47 bits per heavy atom. The summed E-state index contributed by atoms with van der Waals surface area (Å²) in [5.41, 5.74) is 5.29. The lowest BCUT2D eigenvalue weighted by Crippen LogP contribution is -2.49. The second-order valence-electron chi connectivity index (χ2n) is 5.04. The maximum absolute atomic E-state index is 11.7. The smallest absolute Gasteiger partial charge is 0.240 e. The lowest BCUT2D eigenvalue weighted by atomic mass is 10.2. The van der Waals surface area contributed by atoms with Crippen LogP contribution in [0.15, 0.2) is 0 Å². The zero-order chi connectivity index (χ0) is 10.9. The van der Waals surface area contributed by atoms with Gasteiger partial charge >= 0.3 is 0 Å². The first-order valence-corrected chi connectivity index (χ1v) is 5.92. The van der Waals surface area contributed by atoms with Gasteiger partial charge in [0.15, 0.2) is 0 Å². The molecule has 1 saturated carbocycles. The Morgan fingerprint density at radius 3 is 2.60 bits per heavy atom. The zero-order valence-electron chi connectivity index (χ0n) is 9.46. The number of carbonyl (C=O) groups excluding carboxylic acids is 1. The summed E-state index contributed by atoms with van der Waals surface area (Å²) in [6.07, 6.45) is 4.27. The molecule has 1 saturated heterocycles. The molecule has 2 aliphatic rings. The van der Waals surface area contributed by atoms with Crippen LogP contribution in [0.2, 0.25) is 0 Å². The van der Waals surface area contributed by atoms with Crippen molar-refractivity contribution in [1.82, 2.24) is 10.2 Å². The number of carbonyl (C=O) groups is 1. The average molecular weight is 211 g/mol. The van der Waals surface area contributed by atoms with Gasteiger partial charge in [0.1, 0.15) is 0 Å². The van der Waals surface area contributed by atoms with Crippen molar-refractivity contribution in [2.75, 3.05) is 19.6 Å². The summed E-state index contributed by atoms with van der Waals surface area (Å²) in [7, 11) is 0. The van der Waals surface area contributed by atoms with Gasteiger partial charge in [0.2, 0.25) is 5.91 Å². The molecule has 1 amide bonds. The Labute approximate surface area is 91.2 Å². The summed E-state index contributed by atoms with van der Waals surface area (Å²) >= 11 is 0. The molecule has 1 heterocycles. The molecule has 0 aromatic heterocycles. The molecule has 0 bridgehead atoms. The molecule has 2 fully saturated rings. The highest BCUT2D eigenvalue weighted by atomic mass is 16.2. The summed E-state index contributed by atoms with van der Waals surface area (Å²) in [5, 5.41) is 3.00. The predicted octanol–water partition coefficient (Wildman–Crippen LogP) is 0.0782. The quantitative estimate of drug-likeness (QED) is 0.692. The van der Waals surface area contributed by atoms with E-state index < -0.39 is 5.54 Å². The highest BCUT2D eigenvalue weighted by Gasteiger charge is 2.46. The van der Waals surface area contributed by atoms with E-state index in [1.165, 1.54) is 25.9 Å². The molecule has 0 aromatic carbocycles. The molecule has 4 nitrogen and oxygen atoms in total. The number of nitrogens with two attached hydrogens (primary N) is 1. The van der Waals surface area contributed by atoms with Gasteiger partial charge in [-0.1, -0.05) is 0 Å². The number of hydrogen-bond donors (Lipinski definition) is 2. The molecule has 0 aromatic rings. The Hall–Kier alpha value is -0.610. The van der Waals surface area contributed by atoms with Crippen molar-refractivity contribution in [3.05, 3.63) is 0 Å². The molecule has 0 radical (unpaired) electrons. The molecule has 15 heavy (non-hydrogen) atoms. The van der Waals surface area contributed by atoms with E-state index in [2.05, 4.69) is 17.1 Å². The molecule has 1 unspecified atom stereocenters. The highest BCUT2D eigenvalue weighted by Crippen LogP contribution is 2.32. The van der Waals surface area contributed by atoms with Crippen molar-refractivity contribution in [2.24, 2.45) is 5.73 Å². The number of rotatable bonds is 4. The average Bonchev–Trinajstić information content (AvgIpc) is 2.74. The number of hydrogen-bond acceptors (Lipinski definition) is 3. The van der Waals surface area contributed by atoms with Gasteiger partial charge < -0.3 is 16.0 Å². The molecular formula is C11H21N3O. The van der Waals surface area contributed by atoms with Crippen LogP contribution in [-0.4, -0.2) is 42.0 Å². The van der Waals surface area contributed by atoms with Crippen molar-refractivity contribution in [1.29, 1.82) is 0 Å². The third-order valence-electron chi connectivity index (χ3n) is 3.35. The number of nitrogens with zero attached hydrogens (tertiary/aromatic N) is 1. The van der Waals surface area contributed by atoms with Crippen molar-refractivity contribution >= 4 is 5.91 Å². The van der Waals surface area contributed by atoms with E-state index in [4.69, 9.17) is 5.73 Å². The van der Waals surface area contributed by atoms with Crippen LogP contribution in [0.4, 0.5) is 0 Å². The molecule has 3 N–H and O–H groups in total. The van der Waals surface area contributed by atoms with Gasteiger partial charge in [-0.3, -0.25) is 4.79 Å². The SMILES string of the molecule is CC(CN1CCCC1)NC(=O)C1(N)CC1. The Kier molecular flexibility index (Phi) is 2.98. The van der Waals surface area contributed by atoms with E-state index in [1.807, 2.05) is 0 Å². The van der Waals surface area contributed by atoms with Crippen LogP contribution in [0.1, 0.15) is 32.6 Å². The normalized spacial score (nSPS) is 26.3. The van der Waals surface area contributed by atoms with Crippen LogP contribution in [-0.2, 0) is 4.79 Å². The largest absolute Gasteiger partial charge is 0.351 e. The molecular weight excluding hydrogens is 190 g/mol. The van der Waals surface area contributed by atoms with Crippen molar-refractivity contribution in [3.63, 3.8) is 0 Å². The minimum Gasteiger partial charge on any atom is -0.351 e. The summed E-state index contributed by atoms with van der Waals surface area (Å²) < 4.78 is 0. The fourth-order valence-electron chi connectivity index (χ4n) is 2.13. The van der Waals surface area contributed by atoms with Crippen LogP contribution in [0, 0.1) is 0 Å². The molecule has 2 rings (SSSR count). The lowest BCUT2D eigenvalue weighted by Gasteiger charge is -2.22. The molecule has 1 atom stereocenters. The second kappa shape index (κ2) is 4.10. The van der Waals surface area contributed by atoms with Gasteiger partial charge in [-0.15, -0.1) is 0 Å². The van der Waals surface area contributed by atoms with Crippen LogP contribution in [0.25, 0.3) is 0 Å².